The van der Waals surface area contributed by atoms with Gasteiger partial charge in [-0.05, 0) is 83.2 Å². The molecule has 218 valence electrons. The lowest BCUT2D eigenvalue weighted by molar-refractivity contribution is -0.633. The van der Waals surface area contributed by atoms with Gasteiger partial charge in [0.1, 0.15) is 16.9 Å². The van der Waals surface area contributed by atoms with Gasteiger partial charge >= 0.3 is 0 Å². The van der Waals surface area contributed by atoms with E-state index in [1.165, 1.54) is 51.7 Å². The average Bonchev–Trinajstić information content (AvgIpc) is 3.55. The second-order valence-electron chi connectivity index (χ2n) is 14.0. The van der Waals surface area contributed by atoms with Gasteiger partial charge in [0.2, 0.25) is 0 Å². The second kappa shape index (κ2) is 9.43. The molecular weight excluding hydrogens is 536 g/mol. The van der Waals surface area contributed by atoms with Crippen LogP contribution in [-0.2, 0) is 17.9 Å². The summed E-state index contributed by atoms with van der Waals surface area (Å²) in [6.07, 6.45) is 2.41. The van der Waals surface area contributed by atoms with E-state index in [-0.39, 0.29) is 10.8 Å². The van der Waals surface area contributed by atoms with Gasteiger partial charge in [-0.25, -0.2) is 4.57 Å². The van der Waals surface area contributed by atoms with Crippen LogP contribution in [0.15, 0.2) is 108 Å². The number of aryl methyl sites for hydroxylation is 2. The second-order valence-corrected chi connectivity index (χ2v) is 14.0. The summed E-state index contributed by atoms with van der Waals surface area (Å²) in [7, 11) is 2.18. The Hall–Kier alpha value is -4.63. The highest BCUT2D eigenvalue weighted by molar-refractivity contribution is 6.15. The van der Waals surface area contributed by atoms with Crippen LogP contribution >= 0.6 is 0 Å². The predicted molar refractivity (Wildman–Crippen MR) is 183 cm³/mol. The van der Waals surface area contributed by atoms with Crippen molar-refractivity contribution in [2.24, 2.45) is 7.05 Å². The molecule has 0 unspecified atom stereocenters. The number of furan rings is 1. The van der Waals surface area contributed by atoms with Crippen LogP contribution in [-0.4, -0.2) is 4.57 Å². The average molecular weight is 576 g/mol. The van der Waals surface area contributed by atoms with E-state index in [1.54, 1.807) is 0 Å². The first-order valence-electron chi connectivity index (χ1n) is 15.8. The summed E-state index contributed by atoms with van der Waals surface area (Å²) in [5.74, 6) is 1.14. The zero-order chi connectivity index (χ0) is 30.4. The third-order valence-electron chi connectivity index (χ3n) is 10.3. The van der Waals surface area contributed by atoms with Crippen LogP contribution in [0.25, 0.3) is 61.2 Å². The zero-order valence-electron chi connectivity index (χ0n) is 26.5. The number of hydrogen-bond donors (Lipinski definition) is 0. The van der Waals surface area contributed by atoms with E-state index in [0.29, 0.717) is 0 Å². The molecule has 1 aliphatic carbocycles. The Morgan fingerprint density at radius 1 is 0.727 bits per heavy atom. The van der Waals surface area contributed by atoms with Gasteiger partial charge in [0, 0.05) is 16.3 Å². The predicted octanol–water partition coefficient (Wildman–Crippen LogP) is 10.3. The molecule has 0 spiro atoms. The Bertz CT molecular complexity index is 2240. The molecule has 5 aromatic carbocycles. The van der Waals surface area contributed by atoms with Crippen LogP contribution in [0.1, 0.15) is 57.2 Å². The molecule has 7 aromatic rings. The van der Waals surface area contributed by atoms with Gasteiger partial charge in [-0.3, -0.25) is 0 Å². The van der Waals surface area contributed by atoms with Gasteiger partial charge in [-0.15, -0.1) is 0 Å². The third-order valence-corrected chi connectivity index (χ3v) is 10.3. The largest absolute Gasteiger partial charge is 0.455 e. The number of fused-ring (bicyclic) bond motifs is 5. The molecule has 0 amide bonds. The molecule has 0 saturated heterocycles. The van der Waals surface area contributed by atoms with Gasteiger partial charge < -0.3 is 4.42 Å². The minimum atomic E-state index is 0.145. The number of nitrogens with zero attached hydrogens (tertiary/aromatic N) is 2. The molecule has 1 aliphatic rings. The fourth-order valence-electron chi connectivity index (χ4n) is 7.70. The molecular formula is C41H39N2O+. The lowest BCUT2D eigenvalue weighted by atomic mass is 9.63. The third kappa shape index (κ3) is 3.85. The maximum atomic E-state index is 6.83. The summed E-state index contributed by atoms with van der Waals surface area (Å²) < 4.78 is 11.6. The number of aromatic nitrogens is 2. The van der Waals surface area contributed by atoms with Crippen molar-refractivity contribution in [3.05, 3.63) is 120 Å². The van der Waals surface area contributed by atoms with Crippen molar-refractivity contribution in [3.63, 3.8) is 0 Å². The van der Waals surface area contributed by atoms with Crippen molar-refractivity contribution >= 4 is 33.0 Å². The van der Waals surface area contributed by atoms with Gasteiger partial charge in [-0.1, -0.05) is 100 Å². The summed E-state index contributed by atoms with van der Waals surface area (Å²) in [6.45, 7) is 11.8. The molecule has 0 fully saturated rings. The molecule has 8 rings (SSSR count). The van der Waals surface area contributed by atoms with Crippen molar-refractivity contribution in [1.82, 2.24) is 4.57 Å². The van der Waals surface area contributed by atoms with E-state index in [4.69, 9.17) is 4.42 Å². The molecule has 0 N–H and O–H groups in total. The van der Waals surface area contributed by atoms with Crippen molar-refractivity contribution < 1.29 is 8.98 Å². The zero-order valence-corrected chi connectivity index (χ0v) is 26.5. The van der Waals surface area contributed by atoms with Crippen molar-refractivity contribution in [2.45, 2.75) is 58.3 Å². The first kappa shape index (κ1) is 27.0. The van der Waals surface area contributed by atoms with Crippen molar-refractivity contribution in [1.29, 1.82) is 0 Å². The molecule has 0 saturated carbocycles. The van der Waals surface area contributed by atoms with Gasteiger partial charge in [0.15, 0.2) is 11.0 Å². The molecule has 2 heterocycles. The van der Waals surface area contributed by atoms with Gasteiger partial charge in [0.25, 0.3) is 5.82 Å². The Kier molecular flexibility index (Phi) is 5.78. The highest BCUT2D eigenvalue weighted by Crippen LogP contribution is 2.48. The number of para-hydroxylation sites is 4. The molecule has 0 radical (unpaired) electrons. The van der Waals surface area contributed by atoms with Crippen LogP contribution in [0.2, 0.25) is 0 Å². The highest BCUT2D eigenvalue weighted by atomic mass is 16.3. The van der Waals surface area contributed by atoms with E-state index in [0.717, 1.165) is 39.0 Å². The summed E-state index contributed by atoms with van der Waals surface area (Å²) >= 11 is 0. The summed E-state index contributed by atoms with van der Waals surface area (Å²) in [4.78, 5) is 0. The van der Waals surface area contributed by atoms with E-state index in [2.05, 4.69) is 154 Å². The van der Waals surface area contributed by atoms with Crippen molar-refractivity contribution in [2.75, 3.05) is 0 Å². The number of benzene rings is 5. The number of hydrogen-bond acceptors (Lipinski definition) is 1. The maximum absolute atomic E-state index is 6.83. The first-order valence-corrected chi connectivity index (χ1v) is 15.8. The molecule has 3 heteroatoms. The lowest BCUT2D eigenvalue weighted by Crippen LogP contribution is -2.33. The molecule has 0 bridgehead atoms. The molecule has 0 aliphatic heterocycles. The molecule has 44 heavy (non-hydrogen) atoms. The fraction of sp³-hybridized carbons (Fsp3) is 0.244. The molecule has 0 atom stereocenters. The van der Waals surface area contributed by atoms with E-state index >= 15 is 0 Å². The standard InChI is InChI=1S/C41H39N2O/c1-26-19-22-35-37(36(26)39-42(6)33-17-10-11-18-34(33)43(39)28-13-8-7-9-14-28)30-16-12-15-29(38(30)44-35)27-20-21-31-32(25-27)41(4,5)24-23-40(31,2)3/h7-22,25H,23-24H2,1-6H3/q+1. The first-order chi connectivity index (χ1) is 21.2. The van der Waals surface area contributed by atoms with E-state index < -0.39 is 0 Å². The van der Waals surface area contributed by atoms with Crippen molar-refractivity contribution in [3.8, 4) is 28.2 Å². The fourth-order valence-corrected chi connectivity index (χ4v) is 7.70. The summed E-state index contributed by atoms with van der Waals surface area (Å²) in [5, 5.41) is 2.32. The van der Waals surface area contributed by atoms with E-state index in [9.17, 15) is 0 Å². The minimum absolute atomic E-state index is 0.145. The molecule has 2 aromatic heterocycles. The molecule has 3 nitrogen and oxygen atoms in total. The van der Waals surface area contributed by atoms with E-state index in [1.807, 2.05) is 0 Å². The number of imidazole rings is 1. The lowest BCUT2D eigenvalue weighted by Gasteiger charge is -2.42. The summed E-state index contributed by atoms with van der Waals surface area (Å²) in [6, 6.07) is 37.5. The Morgan fingerprint density at radius 2 is 1.45 bits per heavy atom. The summed E-state index contributed by atoms with van der Waals surface area (Å²) in [5.41, 5.74) is 13.5. The minimum Gasteiger partial charge on any atom is -0.455 e. The Labute approximate surface area is 259 Å². The topological polar surface area (TPSA) is 21.9 Å². The van der Waals surface area contributed by atoms with Crippen LogP contribution in [0, 0.1) is 6.92 Å². The quantitative estimate of drug-likeness (QED) is 0.192. The monoisotopic (exact) mass is 575 g/mol. The van der Waals surface area contributed by atoms with Crippen LogP contribution in [0.3, 0.4) is 0 Å². The normalized spacial score (nSPS) is 15.7. The van der Waals surface area contributed by atoms with Crippen LogP contribution < -0.4 is 4.57 Å². The maximum Gasteiger partial charge on any atom is 0.295 e. The van der Waals surface area contributed by atoms with Gasteiger partial charge in [0.05, 0.1) is 12.6 Å². The van der Waals surface area contributed by atoms with Gasteiger partial charge in [-0.2, -0.15) is 4.57 Å². The smallest absolute Gasteiger partial charge is 0.295 e. The van der Waals surface area contributed by atoms with Crippen LogP contribution in [0.5, 0.6) is 0 Å². The SMILES string of the molecule is Cc1ccc2oc3c(-c4ccc5c(c4)C(C)(C)CCC5(C)C)cccc3c2c1-c1n(-c2ccccc2)c2ccccc2[n+]1C. The Balaban J connectivity index is 1.42. The highest BCUT2D eigenvalue weighted by Gasteiger charge is 2.37. The number of rotatable bonds is 3. The Morgan fingerprint density at radius 3 is 2.25 bits per heavy atom. The van der Waals surface area contributed by atoms with Crippen LogP contribution in [0.4, 0.5) is 0 Å².